The molecule has 170 valence electrons. The van der Waals surface area contributed by atoms with Crippen molar-refractivity contribution >= 4 is 29.1 Å². The van der Waals surface area contributed by atoms with Crippen molar-refractivity contribution in [3.63, 3.8) is 0 Å². The maximum atomic E-state index is 13.7. The first-order valence-electron chi connectivity index (χ1n) is 11.5. The lowest BCUT2D eigenvalue weighted by Gasteiger charge is -2.39. The Balaban J connectivity index is 1.30. The predicted molar refractivity (Wildman–Crippen MR) is 130 cm³/mol. The van der Waals surface area contributed by atoms with Crippen LogP contribution in [0, 0.1) is 12.7 Å². The molecule has 1 aliphatic heterocycles. The molecule has 34 heavy (non-hydrogen) atoms. The van der Waals surface area contributed by atoms with E-state index in [0.717, 1.165) is 18.4 Å². The van der Waals surface area contributed by atoms with Gasteiger partial charge in [0.15, 0.2) is 5.65 Å². The molecule has 2 aromatic heterocycles. The summed E-state index contributed by atoms with van der Waals surface area (Å²) in [6.45, 7) is 3.14. The third kappa shape index (κ3) is 3.27. The summed E-state index contributed by atoms with van der Waals surface area (Å²) in [5.74, 6) is 0.140. The number of carbonyl (C=O) groups excluding carboxylic acids is 1. The number of amides is 1. The number of halogens is 1. The highest BCUT2D eigenvalue weighted by molar-refractivity contribution is 5.99. The maximum absolute atomic E-state index is 13.7. The number of likely N-dealkylation sites (tertiary alicyclic amines) is 1. The highest BCUT2D eigenvalue weighted by atomic mass is 19.1. The largest absolute Gasteiger partial charge is 0.339 e. The molecule has 1 saturated heterocycles. The molecule has 2 aromatic carbocycles. The molecule has 6 nitrogen and oxygen atoms in total. The number of hydrogen-bond donors (Lipinski definition) is 1. The Labute approximate surface area is 196 Å². The molecule has 0 atom stereocenters. The SMILES string of the molecule is Cc1cc(F)ccc1Nc1c(C(=O)N2CCC3(C=Cc4ccccc43)CC2)cnc2ccnn12. The van der Waals surface area contributed by atoms with Crippen LogP contribution < -0.4 is 5.32 Å². The highest BCUT2D eigenvalue weighted by Crippen LogP contribution is 2.44. The van der Waals surface area contributed by atoms with Crippen molar-refractivity contribution in [2.75, 3.05) is 18.4 Å². The van der Waals surface area contributed by atoms with Crippen LogP contribution >= 0.6 is 0 Å². The van der Waals surface area contributed by atoms with Gasteiger partial charge in [0.2, 0.25) is 0 Å². The molecule has 2 aliphatic rings. The molecule has 0 bridgehead atoms. The van der Waals surface area contributed by atoms with Crippen LogP contribution in [0.4, 0.5) is 15.9 Å². The van der Waals surface area contributed by atoms with Crippen LogP contribution in [-0.4, -0.2) is 38.5 Å². The van der Waals surface area contributed by atoms with Crippen molar-refractivity contribution in [2.24, 2.45) is 0 Å². The summed E-state index contributed by atoms with van der Waals surface area (Å²) in [4.78, 5) is 20.0. The fourth-order valence-corrected chi connectivity index (χ4v) is 5.19. The van der Waals surface area contributed by atoms with Gasteiger partial charge in [0.05, 0.1) is 6.20 Å². The van der Waals surface area contributed by atoms with Crippen molar-refractivity contribution in [1.29, 1.82) is 0 Å². The molecule has 1 aliphatic carbocycles. The van der Waals surface area contributed by atoms with Crippen molar-refractivity contribution < 1.29 is 9.18 Å². The average Bonchev–Trinajstić information content (AvgIpc) is 3.47. The van der Waals surface area contributed by atoms with Crippen LogP contribution in [0.15, 0.2) is 67.0 Å². The van der Waals surface area contributed by atoms with Crippen LogP contribution in [0.2, 0.25) is 0 Å². The van der Waals surface area contributed by atoms with E-state index in [0.29, 0.717) is 35.8 Å². The summed E-state index contributed by atoms with van der Waals surface area (Å²) in [5.41, 5.74) is 5.16. The number of fused-ring (bicyclic) bond motifs is 3. The number of piperidine rings is 1. The lowest BCUT2D eigenvalue weighted by atomic mass is 9.74. The maximum Gasteiger partial charge on any atom is 0.259 e. The predicted octanol–water partition coefficient (Wildman–Crippen LogP) is 5.12. The number of hydrogen-bond acceptors (Lipinski definition) is 4. The Kier molecular flexibility index (Phi) is 4.72. The van der Waals surface area contributed by atoms with Gasteiger partial charge in [-0.3, -0.25) is 4.79 Å². The van der Waals surface area contributed by atoms with E-state index in [1.54, 1.807) is 29.0 Å². The number of aromatic nitrogens is 3. The minimum absolute atomic E-state index is 0.00383. The quantitative estimate of drug-likeness (QED) is 0.468. The van der Waals surface area contributed by atoms with Crippen molar-refractivity contribution in [3.05, 3.63) is 95.1 Å². The zero-order valence-corrected chi connectivity index (χ0v) is 18.8. The van der Waals surface area contributed by atoms with E-state index in [1.165, 1.54) is 23.3 Å². The van der Waals surface area contributed by atoms with Gasteiger partial charge < -0.3 is 10.2 Å². The number of rotatable bonds is 3. The molecule has 0 unspecified atom stereocenters. The minimum Gasteiger partial charge on any atom is -0.339 e. The molecule has 6 rings (SSSR count). The van der Waals surface area contributed by atoms with E-state index in [1.807, 2.05) is 11.8 Å². The molecule has 1 N–H and O–H groups in total. The first-order valence-corrected chi connectivity index (χ1v) is 11.5. The molecular formula is C27H24FN5O. The fourth-order valence-electron chi connectivity index (χ4n) is 5.19. The van der Waals surface area contributed by atoms with Crippen LogP contribution in [0.3, 0.4) is 0 Å². The average molecular weight is 454 g/mol. The summed E-state index contributed by atoms with van der Waals surface area (Å²) < 4.78 is 15.3. The molecule has 7 heteroatoms. The first kappa shape index (κ1) is 20.6. The summed E-state index contributed by atoms with van der Waals surface area (Å²) in [6.07, 6.45) is 9.52. The molecule has 4 aromatic rings. The van der Waals surface area contributed by atoms with Crippen LogP contribution in [0.1, 0.15) is 39.9 Å². The van der Waals surface area contributed by atoms with Gasteiger partial charge in [0, 0.05) is 36.5 Å². The highest BCUT2D eigenvalue weighted by Gasteiger charge is 2.39. The zero-order valence-electron chi connectivity index (χ0n) is 18.8. The lowest BCUT2D eigenvalue weighted by molar-refractivity contribution is 0.0690. The summed E-state index contributed by atoms with van der Waals surface area (Å²) >= 11 is 0. The van der Waals surface area contributed by atoms with Gasteiger partial charge in [-0.05, 0) is 54.7 Å². The molecule has 1 spiro atoms. The van der Waals surface area contributed by atoms with Gasteiger partial charge >= 0.3 is 0 Å². The molecule has 3 heterocycles. The Bertz CT molecular complexity index is 1450. The fraction of sp³-hybridized carbons (Fsp3) is 0.222. The second kappa shape index (κ2) is 7.80. The van der Waals surface area contributed by atoms with Crippen LogP contribution in [-0.2, 0) is 5.41 Å². The Hall–Kier alpha value is -4.00. The number of nitrogens with zero attached hydrogens (tertiary/aromatic N) is 4. The van der Waals surface area contributed by atoms with Gasteiger partial charge in [-0.2, -0.15) is 9.61 Å². The van der Waals surface area contributed by atoms with E-state index >= 15 is 0 Å². The normalized spacial score (nSPS) is 16.2. The molecule has 0 radical (unpaired) electrons. The Morgan fingerprint density at radius 2 is 1.94 bits per heavy atom. The van der Waals surface area contributed by atoms with E-state index in [4.69, 9.17) is 0 Å². The number of carbonyl (C=O) groups is 1. The third-order valence-corrected chi connectivity index (χ3v) is 7.11. The second-order valence-corrected chi connectivity index (χ2v) is 9.07. The van der Waals surface area contributed by atoms with E-state index in [9.17, 15) is 9.18 Å². The summed E-state index contributed by atoms with van der Waals surface area (Å²) in [5, 5.41) is 7.68. The topological polar surface area (TPSA) is 62.5 Å². The van der Waals surface area contributed by atoms with E-state index in [2.05, 4.69) is 51.8 Å². The van der Waals surface area contributed by atoms with Crippen LogP contribution in [0.25, 0.3) is 11.7 Å². The second-order valence-electron chi connectivity index (χ2n) is 9.07. The van der Waals surface area contributed by atoms with Crippen molar-refractivity contribution in [1.82, 2.24) is 19.5 Å². The molecule has 1 amide bonds. The third-order valence-electron chi connectivity index (χ3n) is 7.11. The molecular weight excluding hydrogens is 429 g/mol. The molecule has 0 saturated carbocycles. The van der Waals surface area contributed by atoms with E-state index in [-0.39, 0.29) is 17.1 Å². The Morgan fingerprint density at radius 1 is 1.12 bits per heavy atom. The van der Waals surface area contributed by atoms with Gasteiger partial charge in [0.1, 0.15) is 17.2 Å². The zero-order chi connectivity index (χ0) is 23.3. The smallest absolute Gasteiger partial charge is 0.259 e. The number of benzene rings is 2. The lowest BCUT2D eigenvalue weighted by Crippen LogP contribution is -2.44. The van der Waals surface area contributed by atoms with Gasteiger partial charge in [0.25, 0.3) is 5.91 Å². The van der Waals surface area contributed by atoms with Crippen molar-refractivity contribution in [3.8, 4) is 0 Å². The van der Waals surface area contributed by atoms with Gasteiger partial charge in [-0.1, -0.05) is 36.4 Å². The number of allylic oxidation sites excluding steroid dienone is 1. The number of aryl methyl sites for hydroxylation is 1. The van der Waals surface area contributed by atoms with Crippen molar-refractivity contribution in [2.45, 2.75) is 25.2 Å². The summed E-state index contributed by atoms with van der Waals surface area (Å²) in [6, 6.07) is 14.8. The Morgan fingerprint density at radius 3 is 2.76 bits per heavy atom. The van der Waals surface area contributed by atoms with Gasteiger partial charge in [-0.25, -0.2) is 9.37 Å². The first-order chi connectivity index (χ1) is 16.5. The van der Waals surface area contributed by atoms with E-state index < -0.39 is 0 Å². The number of nitrogens with one attached hydrogen (secondary N) is 1. The monoisotopic (exact) mass is 453 g/mol. The van der Waals surface area contributed by atoms with Crippen LogP contribution in [0.5, 0.6) is 0 Å². The van der Waals surface area contributed by atoms with Gasteiger partial charge in [-0.15, -0.1) is 0 Å². The standard InChI is InChI=1S/C27H24FN5O/c1-18-16-20(28)6-7-23(18)31-25-21(17-29-24-9-13-30-33(24)25)26(34)32-14-11-27(12-15-32)10-8-19-4-2-3-5-22(19)27/h2-10,13,16-17,31H,11-12,14-15H2,1H3. The summed E-state index contributed by atoms with van der Waals surface area (Å²) in [7, 11) is 0. The molecule has 1 fully saturated rings. The minimum atomic E-state index is -0.303. The number of anilines is 2.